The fourth-order valence-electron chi connectivity index (χ4n) is 1.91. The van der Waals surface area contributed by atoms with Gasteiger partial charge in [0.05, 0.1) is 12.2 Å². The fourth-order valence-corrected chi connectivity index (χ4v) is 2.32. The van der Waals surface area contributed by atoms with E-state index >= 15 is 0 Å². The Morgan fingerprint density at radius 1 is 1.30 bits per heavy atom. The lowest BCUT2D eigenvalue weighted by molar-refractivity contribution is -0.137. The zero-order valence-corrected chi connectivity index (χ0v) is 12.6. The van der Waals surface area contributed by atoms with Gasteiger partial charge in [-0.15, -0.1) is 5.10 Å². The molecule has 1 N–H and O–H groups in total. The van der Waals surface area contributed by atoms with Crippen LogP contribution < -0.4 is 0 Å². The molecule has 0 unspecified atom stereocenters. The van der Waals surface area contributed by atoms with E-state index in [1.54, 1.807) is 4.68 Å². The Balaban J connectivity index is 1.86. The van der Waals surface area contributed by atoms with Crippen molar-refractivity contribution in [2.24, 2.45) is 0 Å². The monoisotopic (exact) mass is 337 g/mol. The average molecular weight is 338 g/mol. The summed E-state index contributed by atoms with van der Waals surface area (Å²) < 4.78 is 2.85. The van der Waals surface area contributed by atoms with Crippen molar-refractivity contribution in [2.75, 3.05) is 0 Å². The van der Waals surface area contributed by atoms with Gasteiger partial charge in [-0.25, -0.2) is 4.68 Å². The van der Waals surface area contributed by atoms with Crippen molar-refractivity contribution in [3.05, 3.63) is 46.2 Å². The molecule has 0 saturated heterocycles. The van der Waals surface area contributed by atoms with Crippen LogP contribution in [0.1, 0.15) is 30.5 Å². The second-order valence-corrected chi connectivity index (χ2v) is 5.45. The van der Waals surface area contributed by atoms with E-state index in [1.165, 1.54) is 0 Å². The number of hydrogen-bond donors (Lipinski definition) is 1. The average Bonchev–Trinajstić information content (AvgIpc) is 2.85. The Bertz CT molecular complexity index is 583. The fraction of sp³-hybridized carbons (Fsp3) is 0.357. The van der Waals surface area contributed by atoms with Crippen molar-refractivity contribution in [1.29, 1.82) is 0 Å². The molecule has 2 aromatic rings. The number of benzene rings is 1. The molecule has 20 heavy (non-hydrogen) atoms. The zero-order valence-electron chi connectivity index (χ0n) is 11.0. The molecule has 0 fully saturated rings. The van der Waals surface area contributed by atoms with E-state index in [4.69, 9.17) is 5.11 Å². The van der Waals surface area contributed by atoms with Crippen molar-refractivity contribution in [1.82, 2.24) is 15.0 Å². The Hall–Kier alpha value is -1.69. The maximum Gasteiger partial charge on any atom is 0.303 e. The molecule has 0 saturated carbocycles. The van der Waals surface area contributed by atoms with Crippen LogP contribution in [0.15, 0.2) is 34.9 Å². The molecule has 2 rings (SSSR count). The third kappa shape index (κ3) is 4.45. The van der Waals surface area contributed by atoms with E-state index < -0.39 is 5.97 Å². The Labute approximate surface area is 125 Å². The standard InChI is InChI=1S/C14H16BrN3O2/c15-13-7-3-1-5-11(13)9-18-10-12(16-17-18)6-2-4-8-14(19)20/h1,3,5,7,10H,2,4,6,8-9H2,(H,19,20). The van der Waals surface area contributed by atoms with Gasteiger partial charge in [-0.1, -0.05) is 39.3 Å². The smallest absolute Gasteiger partial charge is 0.303 e. The van der Waals surface area contributed by atoms with Gasteiger partial charge >= 0.3 is 5.97 Å². The van der Waals surface area contributed by atoms with Crippen LogP contribution in [0.25, 0.3) is 0 Å². The van der Waals surface area contributed by atoms with E-state index in [1.807, 2.05) is 30.5 Å². The zero-order chi connectivity index (χ0) is 14.4. The molecule has 0 bridgehead atoms. The quantitative estimate of drug-likeness (QED) is 0.789. The van der Waals surface area contributed by atoms with Crippen LogP contribution in [0.4, 0.5) is 0 Å². The number of carbonyl (C=O) groups is 1. The van der Waals surface area contributed by atoms with Crippen LogP contribution in [0.3, 0.4) is 0 Å². The number of halogens is 1. The van der Waals surface area contributed by atoms with E-state index in [-0.39, 0.29) is 6.42 Å². The number of aliphatic carboxylic acids is 1. The summed E-state index contributed by atoms with van der Waals surface area (Å²) in [5, 5.41) is 16.8. The maximum absolute atomic E-state index is 10.4. The number of hydrogen-bond acceptors (Lipinski definition) is 3. The predicted molar refractivity (Wildman–Crippen MR) is 78.5 cm³/mol. The molecule has 106 valence electrons. The highest BCUT2D eigenvalue weighted by atomic mass is 79.9. The number of rotatable bonds is 7. The molecule has 1 heterocycles. The van der Waals surface area contributed by atoms with Gasteiger partial charge in [-0.05, 0) is 30.9 Å². The molecule has 0 radical (unpaired) electrons. The highest BCUT2D eigenvalue weighted by molar-refractivity contribution is 9.10. The highest BCUT2D eigenvalue weighted by Crippen LogP contribution is 2.16. The van der Waals surface area contributed by atoms with Crippen LogP contribution >= 0.6 is 15.9 Å². The molecule has 0 atom stereocenters. The number of aryl methyl sites for hydroxylation is 1. The number of unbranched alkanes of at least 4 members (excludes halogenated alkanes) is 1. The maximum atomic E-state index is 10.4. The molecular formula is C14H16BrN3O2. The molecule has 0 spiro atoms. The predicted octanol–water partition coefficient (Wildman–Crippen LogP) is 2.89. The van der Waals surface area contributed by atoms with E-state index in [2.05, 4.69) is 26.2 Å². The van der Waals surface area contributed by atoms with Gasteiger partial charge in [0.25, 0.3) is 0 Å². The summed E-state index contributed by atoms with van der Waals surface area (Å²) in [5.74, 6) is -0.748. The van der Waals surface area contributed by atoms with Crippen molar-refractivity contribution in [2.45, 2.75) is 32.2 Å². The molecule has 6 heteroatoms. The first kappa shape index (κ1) is 14.7. The van der Waals surface area contributed by atoms with Gasteiger partial charge in [-0.2, -0.15) is 0 Å². The number of aromatic nitrogens is 3. The summed E-state index contributed by atoms with van der Waals surface area (Å²) >= 11 is 3.51. The van der Waals surface area contributed by atoms with Crippen LogP contribution in [-0.2, 0) is 17.8 Å². The van der Waals surface area contributed by atoms with Gasteiger partial charge in [0.15, 0.2) is 0 Å². The third-order valence-corrected chi connectivity index (χ3v) is 3.72. The molecule has 0 amide bonds. The molecule has 5 nitrogen and oxygen atoms in total. The van der Waals surface area contributed by atoms with Crippen molar-refractivity contribution < 1.29 is 9.90 Å². The Kier molecular flexibility index (Phi) is 5.29. The largest absolute Gasteiger partial charge is 0.481 e. The SMILES string of the molecule is O=C(O)CCCCc1cn(Cc2ccccc2Br)nn1. The van der Waals surface area contributed by atoms with Crippen LogP contribution in [-0.4, -0.2) is 26.1 Å². The molecule has 0 aliphatic rings. The van der Waals surface area contributed by atoms with E-state index in [0.717, 1.165) is 28.6 Å². The first-order chi connectivity index (χ1) is 9.65. The van der Waals surface area contributed by atoms with Gasteiger partial charge in [0.1, 0.15) is 0 Å². The van der Waals surface area contributed by atoms with Crippen LogP contribution in [0.2, 0.25) is 0 Å². The minimum atomic E-state index is -0.748. The summed E-state index contributed by atoms with van der Waals surface area (Å²) in [6, 6.07) is 8.00. The lowest BCUT2D eigenvalue weighted by atomic mass is 10.1. The summed E-state index contributed by atoms with van der Waals surface area (Å²) in [7, 11) is 0. The second kappa shape index (κ2) is 7.19. The molecule has 1 aromatic heterocycles. The van der Waals surface area contributed by atoms with E-state index in [0.29, 0.717) is 13.0 Å². The van der Waals surface area contributed by atoms with Gasteiger partial charge < -0.3 is 5.11 Å². The highest BCUT2D eigenvalue weighted by Gasteiger charge is 2.04. The first-order valence-corrected chi connectivity index (χ1v) is 7.28. The van der Waals surface area contributed by atoms with Gasteiger partial charge in [-0.3, -0.25) is 4.79 Å². The topological polar surface area (TPSA) is 68.0 Å². The summed E-state index contributed by atoms with van der Waals surface area (Å²) in [5.41, 5.74) is 2.05. The second-order valence-electron chi connectivity index (χ2n) is 4.60. The summed E-state index contributed by atoms with van der Waals surface area (Å²) in [6.07, 6.45) is 4.39. The van der Waals surface area contributed by atoms with Crippen molar-refractivity contribution in [3.8, 4) is 0 Å². The normalized spacial score (nSPS) is 10.7. The minimum Gasteiger partial charge on any atom is -0.481 e. The van der Waals surface area contributed by atoms with Gasteiger partial charge in [0.2, 0.25) is 0 Å². The summed E-state index contributed by atoms with van der Waals surface area (Å²) in [6.45, 7) is 0.670. The summed E-state index contributed by atoms with van der Waals surface area (Å²) in [4.78, 5) is 10.4. The van der Waals surface area contributed by atoms with Crippen molar-refractivity contribution in [3.63, 3.8) is 0 Å². The minimum absolute atomic E-state index is 0.213. The molecule has 0 aliphatic carbocycles. The van der Waals surface area contributed by atoms with Gasteiger partial charge in [0, 0.05) is 17.1 Å². The van der Waals surface area contributed by atoms with Crippen LogP contribution in [0.5, 0.6) is 0 Å². The van der Waals surface area contributed by atoms with Crippen LogP contribution in [0, 0.1) is 0 Å². The third-order valence-electron chi connectivity index (χ3n) is 2.95. The number of carboxylic acid groups (broad SMARTS) is 1. The van der Waals surface area contributed by atoms with Crippen molar-refractivity contribution >= 4 is 21.9 Å². The number of carboxylic acids is 1. The lowest BCUT2D eigenvalue weighted by Crippen LogP contribution is -2.00. The molecular weight excluding hydrogens is 322 g/mol. The Morgan fingerprint density at radius 3 is 2.85 bits per heavy atom. The number of nitrogens with zero attached hydrogens (tertiary/aromatic N) is 3. The first-order valence-electron chi connectivity index (χ1n) is 6.49. The molecule has 0 aliphatic heterocycles. The Morgan fingerprint density at radius 2 is 2.10 bits per heavy atom. The lowest BCUT2D eigenvalue weighted by Gasteiger charge is -2.03. The molecule has 1 aromatic carbocycles. The van der Waals surface area contributed by atoms with E-state index in [9.17, 15) is 4.79 Å².